The number of ether oxygens (including phenoxy) is 3. The highest BCUT2D eigenvalue weighted by atomic mass is 16.6. The second-order valence-electron chi connectivity index (χ2n) is 6.33. The maximum absolute atomic E-state index is 11.6. The first kappa shape index (κ1) is 20.9. The van der Waals surface area contributed by atoms with Gasteiger partial charge in [0.25, 0.3) is 0 Å². The highest BCUT2D eigenvalue weighted by Crippen LogP contribution is 2.25. The summed E-state index contributed by atoms with van der Waals surface area (Å²) in [6.45, 7) is 3.87. The van der Waals surface area contributed by atoms with Gasteiger partial charge in [-0.1, -0.05) is 61.2 Å². The van der Waals surface area contributed by atoms with Gasteiger partial charge in [0.05, 0.1) is 5.69 Å². The number of para-hydroxylation sites is 1. The van der Waals surface area contributed by atoms with Gasteiger partial charge in [-0.2, -0.15) is 0 Å². The average molecular weight is 401 g/mol. The van der Waals surface area contributed by atoms with Crippen molar-refractivity contribution >= 4 is 17.9 Å². The molecule has 0 saturated carbocycles. The van der Waals surface area contributed by atoms with Crippen LogP contribution in [0.25, 0.3) is 0 Å². The molecule has 0 radical (unpaired) electrons. The summed E-state index contributed by atoms with van der Waals surface area (Å²) < 4.78 is 16.5. The van der Waals surface area contributed by atoms with Crippen LogP contribution in [0, 0.1) is 0 Å². The molecular formula is C25H23NO4. The zero-order valence-corrected chi connectivity index (χ0v) is 16.6. The van der Waals surface area contributed by atoms with E-state index in [1.807, 2.05) is 66.7 Å². The van der Waals surface area contributed by atoms with Crippen molar-refractivity contribution in [3.8, 4) is 11.5 Å². The van der Waals surface area contributed by atoms with Gasteiger partial charge in [-0.05, 0) is 29.8 Å². The quantitative estimate of drug-likeness (QED) is 0.269. The lowest BCUT2D eigenvalue weighted by atomic mass is 10.2. The third kappa shape index (κ3) is 6.63. The smallest absolute Gasteiger partial charge is 0.344 e. The number of rotatable bonds is 10. The molecule has 0 aliphatic carbocycles. The fraction of sp³-hybridized carbons (Fsp3) is 0.120. The van der Waals surface area contributed by atoms with Crippen LogP contribution in [-0.2, 0) is 16.1 Å². The molecule has 0 aliphatic heterocycles. The predicted octanol–water partition coefficient (Wildman–Crippen LogP) is 5.12. The monoisotopic (exact) mass is 401 g/mol. The largest absolute Gasteiger partial charge is 0.488 e. The zero-order valence-electron chi connectivity index (χ0n) is 16.6. The lowest BCUT2D eigenvalue weighted by molar-refractivity contribution is -0.144. The molecule has 0 N–H and O–H groups in total. The third-order valence-electron chi connectivity index (χ3n) is 4.05. The van der Waals surface area contributed by atoms with Crippen molar-refractivity contribution in [1.82, 2.24) is 0 Å². The van der Waals surface area contributed by atoms with Crippen molar-refractivity contribution < 1.29 is 19.0 Å². The Hall–Kier alpha value is -3.86. The van der Waals surface area contributed by atoms with Gasteiger partial charge in [-0.15, -0.1) is 0 Å². The molecule has 5 heteroatoms. The minimum atomic E-state index is -0.462. The van der Waals surface area contributed by atoms with Gasteiger partial charge in [-0.3, -0.25) is 4.99 Å². The molecular weight excluding hydrogens is 378 g/mol. The Bertz CT molecular complexity index is 985. The summed E-state index contributed by atoms with van der Waals surface area (Å²) in [5, 5.41) is 0. The Kier molecular flexibility index (Phi) is 7.80. The van der Waals surface area contributed by atoms with E-state index >= 15 is 0 Å². The molecule has 0 bridgehead atoms. The Morgan fingerprint density at radius 2 is 1.67 bits per heavy atom. The first-order valence-electron chi connectivity index (χ1n) is 9.54. The van der Waals surface area contributed by atoms with Crippen LogP contribution in [0.2, 0.25) is 0 Å². The molecule has 0 saturated heterocycles. The van der Waals surface area contributed by atoms with E-state index in [0.717, 1.165) is 16.8 Å². The van der Waals surface area contributed by atoms with Gasteiger partial charge in [0.15, 0.2) is 6.61 Å². The number of hydrogen-bond donors (Lipinski definition) is 0. The molecule has 30 heavy (non-hydrogen) atoms. The fourth-order valence-corrected chi connectivity index (χ4v) is 2.57. The average Bonchev–Trinajstić information content (AvgIpc) is 2.80. The number of benzene rings is 3. The highest BCUT2D eigenvalue weighted by molar-refractivity contribution is 5.85. The van der Waals surface area contributed by atoms with Crippen LogP contribution in [0.3, 0.4) is 0 Å². The number of esters is 1. The van der Waals surface area contributed by atoms with Crippen molar-refractivity contribution in [2.24, 2.45) is 4.99 Å². The van der Waals surface area contributed by atoms with Gasteiger partial charge in [0.1, 0.15) is 24.7 Å². The highest BCUT2D eigenvalue weighted by Gasteiger charge is 2.08. The number of nitrogens with zero attached hydrogens (tertiary/aromatic N) is 1. The number of hydrogen-bond acceptors (Lipinski definition) is 5. The van der Waals surface area contributed by atoms with E-state index in [2.05, 4.69) is 11.6 Å². The van der Waals surface area contributed by atoms with Crippen molar-refractivity contribution in [2.45, 2.75) is 6.61 Å². The molecule has 0 spiro atoms. The summed E-state index contributed by atoms with van der Waals surface area (Å²) in [5.41, 5.74) is 2.69. The van der Waals surface area contributed by atoms with Crippen molar-refractivity contribution in [3.05, 3.63) is 103 Å². The van der Waals surface area contributed by atoms with E-state index in [4.69, 9.17) is 14.2 Å². The molecule has 3 aromatic rings. The Morgan fingerprint density at radius 1 is 0.933 bits per heavy atom. The minimum Gasteiger partial charge on any atom is -0.488 e. The predicted molar refractivity (Wildman–Crippen MR) is 118 cm³/mol. The Balaban J connectivity index is 1.75. The normalized spacial score (nSPS) is 10.5. The molecule has 5 nitrogen and oxygen atoms in total. The van der Waals surface area contributed by atoms with E-state index in [9.17, 15) is 4.79 Å². The maximum Gasteiger partial charge on any atom is 0.344 e. The van der Waals surface area contributed by atoms with Crippen molar-refractivity contribution in [3.63, 3.8) is 0 Å². The number of carbonyl (C=O) groups excluding carboxylic acids is 1. The minimum absolute atomic E-state index is 0.155. The zero-order chi connectivity index (χ0) is 21.0. The summed E-state index contributed by atoms with van der Waals surface area (Å²) in [7, 11) is 0. The summed E-state index contributed by atoms with van der Waals surface area (Å²) in [5.74, 6) is 0.650. The first-order chi connectivity index (χ1) is 14.7. The summed E-state index contributed by atoms with van der Waals surface area (Å²) in [6.07, 6.45) is 3.26. The van der Waals surface area contributed by atoms with Crippen LogP contribution < -0.4 is 9.47 Å². The SMILES string of the molecule is C=CCOC(=O)COc1ccc(C=Nc2ccccc2)c(OCc2ccccc2)c1. The summed E-state index contributed by atoms with van der Waals surface area (Å²) in [6, 6.07) is 24.9. The van der Waals surface area contributed by atoms with E-state index in [1.165, 1.54) is 6.08 Å². The molecule has 3 aromatic carbocycles. The van der Waals surface area contributed by atoms with E-state index in [-0.39, 0.29) is 13.2 Å². The van der Waals surface area contributed by atoms with Crippen LogP contribution >= 0.6 is 0 Å². The fourth-order valence-electron chi connectivity index (χ4n) is 2.57. The molecule has 0 amide bonds. The summed E-state index contributed by atoms with van der Waals surface area (Å²) >= 11 is 0. The second kappa shape index (κ2) is 11.2. The van der Waals surface area contributed by atoms with Gasteiger partial charge in [0, 0.05) is 17.8 Å². The van der Waals surface area contributed by atoms with Gasteiger partial charge in [-0.25, -0.2) is 4.79 Å². The Morgan fingerprint density at radius 3 is 2.40 bits per heavy atom. The maximum atomic E-state index is 11.6. The van der Waals surface area contributed by atoms with Gasteiger partial charge in [0.2, 0.25) is 0 Å². The van der Waals surface area contributed by atoms with Crippen LogP contribution in [0.15, 0.2) is 96.5 Å². The van der Waals surface area contributed by atoms with Crippen LogP contribution in [-0.4, -0.2) is 25.4 Å². The Labute approximate surface area is 176 Å². The molecule has 0 unspecified atom stereocenters. The van der Waals surface area contributed by atoms with Crippen LogP contribution in [0.5, 0.6) is 11.5 Å². The van der Waals surface area contributed by atoms with Gasteiger partial charge < -0.3 is 14.2 Å². The van der Waals surface area contributed by atoms with Crippen molar-refractivity contribution in [1.29, 1.82) is 0 Å². The number of carbonyl (C=O) groups is 1. The molecule has 0 fully saturated rings. The molecule has 3 rings (SSSR count). The van der Waals surface area contributed by atoms with Gasteiger partial charge >= 0.3 is 5.97 Å². The third-order valence-corrected chi connectivity index (χ3v) is 4.05. The van der Waals surface area contributed by atoms with Crippen LogP contribution in [0.4, 0.5) is 5.69 Å². The lowest BCUT2D eigenvalue weighted by Gasteiger charge is -2.12. The molecule has 0 heterocycles. The lowest BCUT2D eigenvalue weighted by Crippen LogP contribution is -2.14. The molecule has 0 aliphatic rings. The van der Waals surface area contributed by atoms with Crippen molar-refractivity contribution in [2.75, 3.05) is 13.2 Å². The number of aliphatic imine (C=N–C) groups is 1. The molecule has 0 atom stereocenters. The standard InChI is InChI=1S/C25H23NO4/c1-2-15-28-25(27)19-29-23-14-13-21(17-26-22-11-7-4-8-12-22)24(16-23)30-18-20-9-5-3-6-10-20/h2-14,16-17H,1,15,18-19H2. The molecule has 152 valence electrons. The topological polar surface area (TPSA) is 57.1 Å². The summed E-state index contributed by atoms with van der Waals surface area (Å²) in [4.78, 5) is 16.2. The van der Waals surface area contributed by atoms with E-state index in [1.54, 1.807) is 18.3 Å². The van der Waals surface area contributed by atoms with E-state index in [0.29, 0.717) is 18.1 Å². The van der Waals surface area contributed by atoms with Crippen LogP contribution in [0.1, 0.15) is 11.1 Å². The second-order valence-corrected chi connectivity index (χ2v) is 6.33. The van der Waals surface area contributed by atoms with E-state index < -0.39 is 5.97 Å². The molecule has 0 aromatic heterocycles. The first-order valence-corrected chi connectivity index (χ1v) is 9.54.